The van der Waals surface area contributed by atoms with Gasteiger partial charge in [0, 0.05) is 40.3 Å². The molecule has 0 spiro atoms. The van der Waals surface area contributed by atoms with E-state index in [9.17, 15) is 9.90 Å². The Labute approximate surface area is 210 Å². The molecule has 0 saturated heterocycles. The Kier molecular flexibility index (Phi) is 7.49. The largest absolute Gasteiger partial charge is 0.507 e. The lowest BCUT2D eigenvalue weighted by Gasteiger charge is -2.28. The highest BCUT2D eigenvalue weighted by Gasteiger charge is 2.26. The third-order valence-electron chi connectivity index (χ3n) is 6.36. The average molecular weight is 476 g/mol. The number of carbonyl (C=O) groups excluding carboxylic acids is 1. The van der Waals surface area contributed by atoms with Crippen molar-refractivity contribution in [3.63, 3.8) is 0 Å². The molecule has 3 rings (SSSR count). The van der Waals surface area contributed by atoms with Gasteiger partial charge in [-0.3, -0.25) is 4.79 Å². The molecule has 0 atom stereocenters. The zero-order valence-corrected chi connectivity index (χ0v) is 22.8. The zero-order chi connectivity index (χ0) is 26.1. The highest BCUT2D eigenvalue weighted by molar-refractivity contribution is 5.91. The molecule has 0 fully saturated rings. The van der Waals surface area contributed by atoms with E-state index in [1.54, 1.807) is 0 Å². The van der Waals surface area contributed by atoms with Gasteiger partial charge in [0.25, 0.3) is 0 Å². The summed E-state index contributed by atoms with van der Waals surface area (Å²) >= 11 is 0. The minimum atomic E-state index is -0.240. The van der Waals surface area contributed by atoms with Crippen molar-refractivity contribution in [2.75, 3.05) is 5.32 Å². The molecule has 1 aromatic carbocycles. The Balaban J connectivity index is 1.72. The number of rotatable bonds is 6. The Morgan fingerprint density at radius 2 is 1.46 bits per heavy atom. The van der Waals surface area contributed by atoms with Crippen molar-refractivity contribution in [2.24, 2.45) is 0 Å². The van der Waals surface area contributed by atoms with Gasteiger partial charge >= 0.3 is 0 Å². The molecule has 0 aliphatic carbocycles. The second kappa shape index (κ2) is 9.88. The Bertz CT molecular complexity index is 1170. The zero-order valence-electron chi connectivity index (χ0n) is 22.8. The van der Waals surface area contributed by atoms with Crippen LogP contribution in [0, 0.1) is 20.8 Å². The molecule has 188 valence electrons. The minimum absolute atomic E-state index is 0.0274. The number of anilines is 1. The van der Waals surface area contributed by atoms with Crippen LogP contribution in [0.2, 0.25) is 0 Å². The number of benzene rings is 1. The van der Waals surface area contributed by atoms with Crippen LogP contribution in [0.3, 0.4) is 0 Å². The SMILES string of the molecule is Cc1cc(CCCC(=O)Nc2cc(C(C)(C)C)c(O)c(C(C)(C)C)c2)nc(-n2c(C)ccc2C)c1. The van der Waals surface area contributed by atoms with Crippen molar-refractivity contribution in [1.29, 1.82) is 0 Å². The number of phenolic OH excluding ortho intramolecular Hbond substituents is 1. The number of aryl methyl sites for hydroxylation is 4. The van der Waals surface area contributed by atoms with E-state index in [2.05, 4.69) is 96.5 Å². The highest BCUT2D eigenvalue weighted by Crippen LogP contribution is 2.41. The van der Waals surface area contributed by atoms with Gasteiger partial charge in [-0.2, -0.15) is 0 Å². The molecule has 0 aliphatic rings. The number of aromatic nitrogens is 2. The van der Waals surface area contributed by atoms with E-state index in [-0.39, 0.29) is 16.7 Å². The maximum atomic E-state index is 12.8. The van der Waals surface area contributed by atoms with Crippen LogP contribution < -0.4 is 5.32 Å². The molecular formula is C30H41N3O2. The van der Waals surface area contributed by atoms with Crippen molar-refractivity contribution in [3.05, 3.63) is 70.2 Å². The van der Waals surface area contributed by atoms with Crippen LogP contribution in [-0.2, 0) is 22.0 Å². The molecule has 0 saturated carbocycles. The summed E-state index contributed by atoms with van der Waals surface area (Å²) in [6.07, 6.45) is 1.85. The molecule has 0 unspecified atom stereocenters. The van der Waals surface area contributed by atoms with Crippen LogP contribution in [0.1, 0.15) is 88.2 Å². The second-order valence-electron chi connectivity index (χ2n) is 11.8. The molecule has 1 amide bonds. The van der Waals surface area contributed by atoms with Crippen molar-refractivity contribution < 1.29 is 9.90 Å². The number of nitrogens with zero attached hydrogens (tertiary/aromatic N) is 2. The van der Waals surface area contributed by atoms with Gasteiger partial charge in [-0.1, -0.05) is 41.5 Å². The lowest BCUT2D eigenvalue weighted by molar-refractivity contribution is -0.116. The van der Waals surface area contributed by atoms with Crippen LogP contribution in [0.4, 0.5) is 5.69 Å². The van der Waals surface area contributed by atoms with Crippen LogP contribution in [0.25, 0.3) is 5.82 Å². The fraction of sp³-hybridized carbons (Fsp3) is 0.467. The fourth-order valence-corrected chi connectivity index (χ4v) is 4.50. The number of amides is 1. The van der Waals surface area contributed by atoms with Crippen LogP contribution >= 0.6 is 0 Å². The number of aromatic hydroxyl groups is 1. The van der Waals surface area contributed by atoms with Gasteiger partial charge in [-0.05, 0) is 86.4 Å². The molecular weight excluding hydrogens is 434 g/mol. The van der Waals surface area contributed by atoms with Gasteiger partial charge in [0.15, 0.2) is 0 Å². The summed E-state index contributed by atoms with van der Waals surface area (Å²) in [6.45, 7) is 18.7. The summed E-state index contributed by atoms with van der Waals surface area (Å²) in [5.41, 5.74) is 6.40. The number of hydrogen-bond acceptors (Lipinski definition) is 3. The standard InChI is InChI=1S/C30H41N3O2/c1-19-15-22(31-26(16-19)33-20(2)13-14-21(33)3)11-10-12-27(34)32-23-17-24(29(4,5)6)28(35)25(18-23)30(7,8)9/h13-18,35H,10-12H2,1-9H3,(H,32,34). The first-order valence-corrected chi connectivity index (χ1v) is 12.5. The number of carbonyl (C=O) groups is 1. The smallest absolute Gasteiger partial charge is 0.224 e. The van der Waals surface area contributed by atoms with Crippen LogP contribution in [-0.4, -0.2) is 20.6 Å². The maximum Gasteiger partial charge on any atom is 0.224 e. The highest BCUT2D eigenvalue weighted by atomic mass is 16.3. The first-order chi connectivity index (χ1) is 16.2. The monoisotopic (exact) mass is 475 g/mol. The van der Waals surface area contributed by atoms with E-state index in [0.717, 1.165) is 51.7 Å². The molecule has 2 N–H and O–H groups in total. The fourth-order valence-electron chi connectivity index (χ4n) is 4.50. The van der Waals surface area contributed by atoms with Gasteiger partial charge in [0.1, 0.15) is 11.6 Å². The molecule has 2 aromatic heterocycles. The van der Waals surface area contributed by atoms with E-state index in [0.29, 0.717) is 18.6 Å². The van der Waals surface area contributed by atoms with Gasteiger partial charge in [-0.25, -0.2) is 4.98 Å². The van der Waals surface area contributed by atoms with E-state index >= 15 is 0 Å². The lowest BCUT2D eigenvalue weighted by Crippen LogP contribution is -2.19. The van der Waals surface area contributed by atoms with Crippen molar-refractivity contribution in [3.8, 4) is 11.6 Å². The molecule has 0 radical (unpaired) electrons. The summed E-state index contributed by atoms with van der Waals surface area (Å²) in [4.78, 5) is 17.7. The van der Waals surface area contributed by atoms with E-state index < -0.39 is 0 Å². The second-order valence-corrected chi connectivity index (χ2v) is 11.8. The van der Waals surface area contributed by atoms with Crippen molar-refractivity contribution >= 4 is 11.6 Å². The van der Waals surface area contributed by atoms with Gasteiger partial charge in [-0.15, -0.1) is 0 Å². The Morgan fingerprint density at radius 3 is 1.97 bits per heavy atom. The van der Waals surface area contributed by atoms with Gasteiger partial charge in [0.2, 0.25) is 5.91 Å². The molecule has 35 heavy (non-hydrogen) atoms. The first kappa shape index (κ1) is 26.5. The summed E-state index contributed by atoms with van der Waals surface area (Å²) in [6, 6.07) is 12.2. The average Bonchev–Trinajstić information content (AvgIpc) is 3.05. The normalized spacial score (nSPS) is 12.1. The predicted octanol–water partition coefficient (Wildman–Crippen LogP) is 7.06. The summed E-state index contributed by atoms with van der Waals surface area (Å²) in [5, 5.41) is 14.0. The summed E-state index contributed by atoms with van der Waals surface area (Å²) in [5.74, 6) is 1.22. The summed E-state index contributed by atoms with van der Waals surface area (Å²) < 4.78 is 2.16. The molecule has 5 heteroatoms. The molecule has 3 aromatic rings. The molecule has 2 heterocycles. The predicted molar refractivity (Wildman–Crippen MR) is 145 cm³/mol. The third kappa shape index (κ3) is 6.33. The number of pyridine rings is 1. The number of phenols is 1. The summed E-state index contributed by atoms with van der Waals surface area (Å²) in [7, 11) is 0. The topological polar surface area (TPSA) is 67.2 Å². The number of hydrogen-bond donors (Lipinski definition) is 2. The minimum Gasteiger partial charge on any atom is -0.507 e. The van der Waals surface area contributed by atoms with E-state index in [4.69, 9.17) is 4.98 Å². The third-order valence-corrected chi connectivity index (χ3v) is 6.36. The van der Waals surface area contributed by atoms with Gasteiger partial charge < -0.3 is 15.0 Å². The van der Waals surface area contributed by atoms with E-state index in [1.165, 1.54) is 0 Å². The quantitative estimate of drug-likeness (QED) is 0.375. The lowest BCUT2D eigenvalue weighted by atomic mass is 9.79. The van der Waals surface area contributed by atoms with Crippen LogP contribution in [0.5, 0.6) is 5.75 Å². The maximum absolute atomic E-state index is 12.8. The number of nitrogens with one attached hydrogen (secondary N) is 1. The molecule has 0 bridgehead atoms. The van der Waals surface area contributed by atoms with E-state index in [1.807, 2.05) is 12.1 Å². The molecule has 5 nitrogen and oxygen atoms in total. The first-order valence-electron chi connectivity index (χ1n) is 12.5. The van der Waals surface area contributed by atoms with Gasteiger partial charge in [0.05, 0.1) is 0 Å². The van der Waals surface area contributed by atoms with Crippen LogP contribution in [0.15, 0.2) is 36.4 Å². The molecule has 0 aliphatic heterocycles. The van der Waals surface area contributed by atoms with Crippen molar-refractivity contribution in [1.82, 2.24) is 9.55 Å². The van der Waals surface area contributed by atoms with Crippen molar-refractivity contribution in [2.45, 2.75) is 92.4 Å². The Morgan fingerprint density at radius 1 is 0.914 bits per heavy atom. The Hall–Kier alpha value is -3.08.